The summed E-state index contributed by atoms with van der Waals surface area (Å²) in [4.78, 5) is 0. The van der Waals surface area contributed by atoms with E-state index in [-0.39, 0.29) is 17.5 Å². The summed E-state index contributed by atoms with van der Waals surface area (Å²) in [5, 5.41) is 7.25. The van der Waals surface area contributed by atoms with Crippen molar-refractivity contribution in [3.05, 3.63) is 36.3 Å². The van der Waals surface area contributed by atoms with E-state index >= 15 is 0 Å². The highest BCUT2D eigenvalue weighted by Crippen LogP contribution is 2.33. The van der Waals surface area contributed by atoms with Gasteiger partial charge in [0.25, 0.3) is 11.8 Å². The summed E-state index contributed by atoms with van der Waals surface area (Å²) >= 11 is 0. The molecule has 0 atom stereocenters. The summed E-state index contributed by atoms with van der Waals surface area (Å²) in [6, 6.07) is 5.11. The molecule has 0 aliphatic heterocycles. The first kappa shape index (κ1) is 11.6. The first-order valence-corrected chi connectivity index (χ1v) is 5.09. The van der Waals surface area contributed by atoms with Gasteiger partial charge in [-0.1, -0.05) is 0 Å². The lowest BCUT2D eigenvalue weighted by molar-refractivity contribution is -0.152. The van der Waals surface area contributed by atoms with Crippen LogP contribution < -0.4 is 0 Å². The van der Waals surface area contributed by atoms with Crippen LogP contribution in [0.5, 0.6) is 0 Å². The van der Waals surface area contributed by atoms with Crippen LogP contribution in [0, 0.1) is 0 Å². The molecule has 0 radical (unpaired) electrons. The monoisotopic (exact) mass is 270 g/mol. The van der Waals surface area contributed by atoms with Crippen molar-refractivity contribution in [3.8, 4) is 23.3 Å². The maximum absolute atomic E-state index is 12.4. The molecule has 0 aliphatic rings. The summed E-state index contributed by atoms with van der Waals surface area (Å²) in [5.74, 6) is -1.05. The molecule has 8 heteroatoms. The molecular formula is C11H5F3N2O3. The standard InChI is InChI=1S/C11H5F3N2O3/c12-11(13,14)8-4-3-7(18-8)10-16-15-9(19-10)6-2-1-5-17-6/h1-5H. The molecule has 0 bridgehead atoms. The second-order valence-corrected chi connectivity index (χ2v) is 3.55. The zero-order valence-corrected chi connectivity index (χ0v) is 9.14. The van der Waals surface area contributed by atoms with Crippen molar-refractivity contribution in [2.75, 3.05) is 0 Å². The quantitative estimate of drug-likeness (QED) is 0.711. The molecule has 19 heavy (non-hydrogen) atoms. The van der Waals surface area contributed by atoms with Crippen molar-refractivity contribution < 1.29 is 26.4 Å². The van der Waals surface area contributed by atoms with Crippen molar-refractivity contribution in [2.24, 2.45) is 0 Å². The molecule has 5 nitrogen and oxygen atoms in total. The lowest BCUT2D eigenvalue weighted by atomic mass is 10.4. The van der Waals surface area contributed by atoms with E-state index in [0.717, 1.165) is 12.1 Å². The summed E-state index contributed by atoms with van der Waals surface area (Å²) < 4.78 is 51.9. The number of alkyl halides is 3. The van der Waals surface area contributed by atoms with Crippen LogP contribution in [0.1, 0.15) is 5.76 Å². The van der Waals surface area contributed by atoms with E-state index in [1.807, 2.05) is 0 Å². The molecule has 3 aromatic heterocycles. The lowest BCUT2D eigenvalue weighted by Crippen LogP contribution is -2.01. The van der Waals surface area contributed by atoms with E-state index in [4.69, 9.17) is 8.83 Å². The van der Waals surface area contributed by atoms with Gasteiger partial charge in [0.1, 0.15) is 0 Å². The minimum atomic E-state index is -4.55. The molecule has 0 saturated heterocycles. The Morgan fingerprint density at radius 2 is 1.63 bits per heavy atom. The molecule has 3 aromatic rings. The predicted molar refractivity (Wildman–Crippen MR) is 54.7 cm³/mol. The van der Waals surface area contributed by atoms with Gasteiger partial charge in [0.05, 0.1) is 6.26 Å². The van der Waals surface area contributed by atoms with Gasteiger partial charge in [0, 0.05) is 0 Å². The summed E-state index contributed by atoms with van der Waals surface area (Å²) in [6.45, 7) is 0. The largest absolute Gasteiger partial charge is 0.459 e. The van der Waals surface area contributed by atoms with Gasteiger partial charge in [0.2, 0.25) is 5.76 Å². The Balaban J connectivity index is 1.93. The third-order valence-corrected chi connectivity index (χ3v) is 2.25. The van der Waals surface area contributed by atoms with Crippen LogP contribution in [0.4, 0.5) is 13.2 Å². The van der Waals surface area contributed by atoms with Crippen LogP contribution in [0.25, 0.3) is 23.3 Å². The van der Waals surface area contributed by atoms with Crippen LogP contribution in [-0.2, 0) is 6.18 Å². The first-order chi connectivity index (χ1) is 9.04. The fourth-order valence-electron chi connectivity index (χ4n) is 1.43. The van der Waals surface area contributed by atoms with E-state index in [1.54, 1.807) is 12.1 Å². The molecule has 3 heterocycles. The molecular weight excluding hydrogens is 265 g/mol. The molecule has 0 spiro atoms. The van der Waals surface area contributed by atoms with Gasteiger partial charge in [-0.3, -0.25) is 0 Å². The normalized spacial score (nSPS) is 11.9. The fourth-order valence-corrected chi connectivity index (χ4v) is 1.43. The maximum atomic E-state index is 12.4. The van der Waals surface area contributed by atoms with E-state index in [2.05, 4.69) is 14.6 Å². The summed E-state index contributed by atoms with van der Waals surface area (Å²) in [6.07, 6.45) is -3.14. The molecule has 0 N–H and O–H groups in total. The van der Waals surface area contributed by atoms with Gasteiger partial charge < -0.3 is 13.3 Å². The Hall–Kier alpha value is -2.51. The summed E-state index contributed by atoms with van der Waals surface area (Å²) in [5.41, 5.74) is 0. The average Bonchev–Trinajstić information content (AvgIpc) is 3.10. The number of hydrogen-bond acceptors (Lipinski definition) is 5. The third kappa shape index (κ3) is 2.12. The number of hydrogen-bond donors (Lipinski definition) is 0. The molecule has 0 fully saturated rings. The highest BCUT2D eigenvalue weighted by atomic mass is 19.4. The van der Waals surface area contributed by atoms with Crippen molar-refractivity contribution in [1.82, 2.24) is 10.2 Å². The molecule has 0 amide bonds. The van der Waals surface area contributed by atoms with Gasteiger partial charge in [0.15, 0.2) is 11.5 Å². The highest BCUT2D eigenvalue weighted by molar-refractivity contribution is 5.49. The third-order valence-electron chi connectivity index (χ3n) is 2.25. The van der Waals surface area contributed by atoms with Gasteiger partial charge in [-0.05, 0) is 24.3 Å². The molecule has 0 aromatic carbocycles. The Kier molecular flexibility index (Phi) is 2.44. The predicted octanol–water partition coefficient (Wildman–Crippen LogP) is 3.61. The Morgan fingerprint density at radius 1 is 0.895 bits per heavy atom. The van der Waals surface area contributed by atoms with Gasteiger partial charge in [-0.15, -0.1) is 10.2 Å². The van der Waals surface area contributed by atoms with Gasteiger partial charge >= 0.3 is 6.18 Å². The first-order valence-electron chi connectivity index (χ1n) is 5.09. The van der Waals surface area contributed by atoms with Gasteiger partial charge in [-0.25, -0.2) is 0 Å². The SMILES string of the molecule is FC(F)(F)c1ccc(-c2nnc(-c3ccco3)o2)o1. The Bertz CT molecular complexity index is 682. The number of furan rings is 2. The van der Waals surface area contributed by atoms with Crippen molar-refractivity contribution in [2.45, 2.75) is 6.18 Å². The number of aromatic nitrogens is 2. The fraction of sp³-hybridized carbons (Fsp3) is 0.0909. The summed E-state index contributed by atoms with van der Waals surface area (Å²) in [7, 11) is 0. The molecule has 0 saturated carbocycles. The van der Waals surface area contributed by atoms with Crippen molar-refractivity contribution in [3.63, 3.8) is 0 Å². The highest BCUT2D eigenvalue weighted by Gasteiger charge is 2.35. The van der Waals surface area contributed by atoms with Crippen molar-refractivity contribution >= 4 is 0 Å². The maximum Gasteiger partial charge on any atom is 0.449 e. The van der Waals surface area contributed by atoms with Crippen LogP contribution in [-0.4, -0.2) is 10.2 Å². The number of halogens is 3. The van der Waals surface area contributed by atoms with Crippen LogP contribution in [0.15, 0.2) is 43.8 Å². The van der Waals surface area contributed by atoms with E-state index in [1.165, 1.54) is 6.26 Å². The van der Waals surface area contributed by atoms with Crippen LogP contribution >= 0.6 is 0 Å². The average molecular weight is 270 g/mol. The second-order valence-electron chi connectivity index (χ2n) is 3.55. The van der Waals surface area contributed by atoms with E-state index in [0.29, 0.717) is 5.76 Å². The number of rotatable bonds is 2. The smallest absolute Gasteiger partial charge is 0.449 e. The minimum absolute atomic E-state index is 0.0601. The van der Waals surface area contributed by atoms with E-state index < -0.39 is 11.9 Å². The second kappa shape index (κ2) is 4.01. The topological polar surface area (TPSA) is 65.2 Å². The molecule has 3 rings (SSSR count). The zero-order chi connectivity index (χ0) is 13.5. The molecule has 0 unspecified atom stereocenters. The van der Waals surface area contributed by atoms with Crippen LogP contribution in [0.3, 0.4) is 0 Å². The van der Waals surface area contributed by atoms with Crippen molar-refractivity contribution in [1.29, 1.82) is 0 Å². The Morgan fingerprint density at radius 3 is 2.21 bits per heavy atom. The van der Waals surface area contributed by atoms with E-state index in [9.17, 15) is 13.2 Å². The molecule has 0 aliphatic carbocycles. The van der Waals surface area contributed by atoms with Crippen LogP contribution in [0.2, 0.25) is 0 Å². The molecule has 98 valence electrons. The minimum Gasteiger partial charge on any atom is -0.459 e. The van der Waals surface area contributed by atoms with Gasteiger partial charge in [-0.2, -0.15) is 13.2 Å². The number of nitrogens with zero attached hydrogens (tertiary/aromatic N) is 2. The Labute approximate surface area is 103 Å². The lowest BCUT2D eigenvalue weighted by Gasteiger charge is -1.99. The zero-order valence-electron chi connectivity index (χ0n) is 9.14.